The maximum absolute atomic E-state index is 5.72. The third kappa shape index (κ3) is 2.18. The molecule has 3 N–H and O–H groups in total. The van der Waals surface area contributed by atoms with Crippen LogP contribution in [-0.2, 0) is 7.05 Å². The molecule has 98 valence electrons. The number of nitrogens with zero attached hydrogens (tertiary/aromatic N) is 3. The van der Waals surface area contributed by atoms with Crippen molar-refractivity contribution in [3.05, 3.63) is 45.5 Å². The molecule has 0 aliphatic rings. The molecule has 0 radical (unpaired) electrons. The average Bonchev–Trinajstić information content (AvgIpc) is 2.97. The van der Waals surface area contributed by atoms with Gasteiger partial charge in [0.2, 0.25) is 0 Å². The fourth-order valence-electron chi connectivity index (χ4n) is 2.09. The summed E-state index contributed by atoms with van der Waals surface area (Å²) in [7, 11) is 1.85. The minimum atomic E-state index is -0.133. The molecule has 19 heavy (non-hydrogen) atoms. The van der Waals surface area contributed by atoms with Crippen LogP contribution in [0.1, 0.15) is 16.6 Å². The Morgan fingerprint density at radius 1 is 1.42 bits per heavy atom. The number of aryl methyl sites for hydroxylation is 1. The molecule has 3 aromatic rings. The van der Waals surface area contributed by atoms with Gasteiger partial charge in [-0.1, -0.05) is 23.4 Å². The summed E-state index contributed by atoms with van der Waals surface area (Å²) in [5.41, 5.74) is 3.75. The van der Waals surface area contributed by atoms with E-state index in [1.807, 2.05) is 19.2 Å². The van der Waals surface area contributed by atoms with Gasteiger partial charge in [-0.2, -0.15) is 0 Å². The Bertz CT molecular complexity index is 667. The Labute approximate surface area is 122 Å². The van der Waals surface area contributed by atoms with E-state index in [0.29, 0.717) is 4.60 Å². The van der Waals surface area contributed by atoms with Crippen LogP contribution in [0.2, 0.25) is 0 Å². The van der Waals surface area contributed by atoms with Crippen molar-refractivity contribution in [2.75, 3.05) is 0 Å². The predicted molar refractivity (Wildman–Crippen MR) is 79.7 cm³/mol. The fourth-order valence-corrected chi connectivity index (χ4v) is 3.77. The number of hydrogen-bond acceptors (Lipinski definition) is 5. The lowest BCUT2D eigenvalue weighted by atomic mass is 10.1. The zero-order valence-corrected chi connectivity index (χ0v) is 12.6. The van der Waals surface area contributed by atoms with Crippen LogP contribution in [0.4, 0.5) is 0 Å². The summed E-state index contributed by atoms with van der Waals surface area (Å²) in [6.45, 7) is 0. The quantitative estimate of drug-likeness (QED) is 0.568. The molecule has 0 saturated heterocycles. The van der Waals surface area contributed by atoms with E-state index < -0.39 is 0 Å². The van der Waals surface area contributed by atoms with Gasteiger partial charge in [-0.15, -0.1) is 16.4 Å². The Hall–Kier alpha value is -1.28. The number of rotatable bonds is 3. The predicted octanol–water partition coefficient (Wildman–Crippen LogP) is 2.34. The van der Waals surface area contributed by atoms with Crippen LogP contribution >= 0.6 is 27.3 Å². The van der Waals surface area contributed by atoms with Crippen molar-refractivity contribution < 1.29 is 0 Å². The molecule has 1 unspecified atom stereocenters. The van der Waals surface area contributed by atoms with Crippen LogP contribution in [-0.4, -0.2) is 15.0 Å². The highest BCUT2D eigenvalue weighted by Gasteiger charge is 2.22. The number of benzene rings is 1. The van der Waals surface area contributed by atoms with Gasteiger partial charge in [-0.05, 0) is 33.4 Å². The Kier molecular flexibility index (Phi) is 3.36. The lowest BCUT2D eigenvalue weighted by molar-refractivity contribution is 0.575. The molecule has 0 aliphatic heterocycles. The fraction of sp³-hybridized carbons (Fsp3) is 0.167. The van der Waals surface area contributed by atoms with Crippen LogP contribution in [0, 0.1) is 0 Å². The molecule has 0 aliphatic carbocycles. The van der Waals surface area contributed by atoms with E-state index in [-0.39, 0.29) is 6.04 Å². The molecular weight excluding hydrogens is 326 g/mol. The largest absolute Gasteiger partial charge is 0.270 e. The first-order valence-corrected chi connectivity index (χ1v) is 7.31. The number of hydrogen-bond donors (Lipinski definition) is 2. The first kappa shape index (κ1) is 12.7. The summed E-state index contributed by atoms with van der Waals surface area (Å²) >= 11 is 5.13. The SMILES string of the molecule is Cn1nnc(Br)c1C(NN)c1cc2ccccc2s1. The molecule has 2 heterocycles. The van der Waals surface area contributed by atoms with Gasteiger partial charge in [0, 0.05) is 16.6 Å². The number of nitrogens with one attached hydrogen (secondary N) is 1. The summed E-state index contributed by atoms with van der Waals surface area (Å²) in [6, 6.07) is 10.3. The summed E-state index contributed by atoms with van der Waals surface area (Å²) in [5.74, 6) is 5.72. The second kappa shape index (κ2) is 5.01. The van der Waals surface area contributed by atoms with Crippen molar-refractivity contribution in [2.45, 2.75) is 6.04 Å². The standard InChI is InChI=1S/C12H12BrN5S/c1-18-11(12(13)16-17-18)10(15-14)9-6-7-4-2-3-5-8(7)19-9/h2-6,10,15H,14H2,1H3. The van der Waals surface area contributed by atoms with Crippen LogP contribution in [0.3, 0.4) is 0 Å². The zero-order valence-electron chi connectivity index (χ0n) is 10.2. The lowest BCUT2D eigenvalue weighted by Gasteiger charge is -2.14. The minimum Gasteiger partial charge on any atom is -0.270 e. The van der Waals surface area contributed by atoms with Crippen molar-refractivity contribution in [3.63, 3.8) is 0 Å². The molecular formula is C12H12BrN5S. The highest BCUT2D eigenvalue weighted by Crippen LogP contribution is 2.34. The van der Waals surface area contributed by atoms with Crippen LogP contribution in [0.25, 0.3) is 10.1 Å². The Morgan fingerprint density at radius 2 is 2.21 bits per heavy atom. The van der Waals surface area contributed by atoms with Crippen molar-refractivity contribution in [3.8, 4) is 0 Å². The minimum absolute atomic E-state index is 0.133. The number of aromatic nitrogens is 3. The maximum Gasteiger partial charge on any atom is 0.153 e. The molecule has 0 fully saturated rings. The van der Waals surface area contributed by atoms with Gasteiger partial charge >= 0.3 is 0 Å². The van der Waals surface area contributed by atoms with E-state index in [2.05, 4.69) is 49.9 Å². The molecule has 3 rings (SSSR count). The summed E-state index contributed by atoms with van der Waals surface area (Å²) in [4.78, 5) is 1.13. The van der Waals surface area contributed by atoms with Crippen molar-refractivity contribution in [1.82, 2.24) is 20.4 Å². The Balaban J connectivity index is 2.12. The first-order valence-electron chi connectivity index (χ1n) is 5.70. The van der Waals surface area contributed by atoms with E-state index in [0.717, 1.165) is 10.6 Å². The molecule has 1 aromatic carbocycles. The van der Waals surface area contributed by atoms with Gasteiger partial charge in [-0.25, -0.2) is 10.1 Å². The summed E-state index contributed by atoms with van der Waals surface area (Å²) in [5, 5.41) is 9.21. The van der Waals surface area contributed by atoms with E-state index in [1.54, 1.807) is 16.0 Å². The highest BCUT2D eigenvalue weighted by molar-refractivity contribution is 9.10. The van der Waals surface area contributed by atoms with Crippen molar-refractivity contribution in [2.24, 2.45) is 12.9 Å². The van der Waals surface area contributed by atoms with Crippen LogP contribution < -0.4 is 11.3 Å². The topological polar surface area (TPSA) is 68.8 Å². The molecule has 7 heteroatoms. The van der Waals surface area contributed by atoms with E-state index in [9.17, 15) is 0 Å². The average molecular weight is 338 g/mol. The van der Waals surface area contributed by atoms with Gasteiger partial charge in [-0.3, -0.25) is 5.84 Å². The maximum atomic E-state index is 5.72. The lowest BCUT2D eigenvalue weighted by Crippen LogP contribution is -2.30. The molecule has 0 amide bonds. The third-order valence-corrected chi connectivity index (χ3v) is 4.74. The first-order chi connectivity index (χ1) is 9.20. The van der Waals surface area contributed by atoms with Gasteiger partial charge in [0.1, 0.15) is 0 Å². The number of fused-ring (bicyclic) bond motifs is 1. The molecule has 2 aromatic heterocycles. The van der Waals surface area contributed by atoms with Gasteiger partial charge in [0.05, 0.1) is 11.7 Å². The van der Waals surface area contributed by atoms with Gasteiger partial charge < -0.3 is 0 Å². The van der Waals surface area contributed by atoms with Crippen LogP contribution in [0.15, 0.2) is 34.9 Å². The molecule has 0 bridgehead atoms. The number of halogens is 1. The monoisotopic (exact) mass is 337 g/mol. The number of hydrazine groups is 1. The van der Waals surface area contributed by atoms with E-state index in [1.165, 1.54) is 10.1 Å². The second-order valence-electron chi connectivity index (χ2n) is 4.18. The molecule has 5 nitrogen and oxygen atoms in total. The summed E-state index contributed by atoms with van der Waals surface area (Å²) in [6.07, 6.45) is 0. The number of nitrogens with two attached hydrogens (primary N) is 1. The van der Waals surface area contributed by atoms with Gasteiger partial charge in [0.15, 0.2) is 4.60 Å². The van der Waals surface area contributed by atoms with E-state index in [4.69, 9.17) is 5.84 Å². The van der Waals surface area contributed by atoms with Crippen LogP contribution in [0.5, 0.6) is 0 Å². The highest BCUT2D eigenvalue weighted by atomic mass is 79.9. The molecule has 0 spiro atoms. The molecule has 0 saturated carbocycles. The van der Waals surface area contributed by atoms with Crippen molar-refractivity contribution >= 4 is 37.4 Å². The molecule has 1 atom stereocenters. The van der Waals surface area contributed by atoms with Gasteiger partial charge in [0.25, 0.3) is 0 Å². The smallest absolute Gasteiger partial charge is 0.153 e. The third-order valence-electron chi connectivity index (χ3n) is 3.00. The normalized spacial score (nSPS) is 13.0. The van der Waals surface area contributed by atoms with Crippen molar-refractivity contribution in [1.29, 1.82) is 0 Å². The Morgan fingerprint density at radius 3 is 2.84 bits per heavy atom. The second-order valence-corrected chi connectivity index (χ2v) is 6.04. The number of thiophene rings is 1. The van der Waals surface area contributed by atoms with E-state index >= 15 is 0 Å². The zero-order chi connectivity index (χ0) is 13.4. The summed E-state index contributed by atoms with van der Waals surface area (Å²) < 4.78 is 3.67.